The Balaban J connectivity index is 1.94. The molecule has 2 rings (SSSR count). The van der Waals surface area contributed by atoms with E-state index >= 15 is 0 Å². The minimum absolute atomic E-state index is 0.506. The molecule has 2 atom stereocenters. The molecule has 1 aromatic rings. The summed E-state index contributed by atoms with van der Waals surface area (Å²) in [5.41, 5.74) is 1.94. The fourth-order valence-electron chi connectivity index (χ4n) is 2.61. The quantitative estimate of drug-likeness (QED) is 0.823. The van der Waals surface area contributed by atoms with Crippen molar-refractivity contribution < 1.29 is 0 Å². The highest BCUT2D eigenvalue weighted by atomic mass is 32.1. The average molecular weight is 267 g/mol. The summed E-state index contributed by atoms with van der Waals surface area (Å²) in [5, 5.41) is 3.61. The van der Waals surface area contributed by atoms with Crippen molar-refractivity contribution >= 4 is 11.3 Å². The lowest BCUT2D eigenvalue weighted by molar-refractivity contribution is 0.191. The zero-order chi connectivity index (χ0) is 12.8. The lowest BCUT2D eigenvalue weighted by Gasteiger charge is -2.30. The van der Waals surface area contributed by atoms with Gasteiger partial charge >= 0.3 is 0 Å². The topological polar surface area (TPSA) is 28.2 Å². The van der Waals surface area contributed by atoms with Crippen LogP contribution in [0.3, 0.4) is 0 Å². The standard InChI is InChI=1S/C14H25N3S/c1-3-4-8-17(10-13-6-5-7-16-13)12(2)14-9-15-11-18-14/h9,11-13,16H,3-8,10H2,1-2H3. The van der Waals surface area contributed by atoms with E-state index in [1.54, 1.807) is 11.3 Å². The molecule has 18 heavy (non-hydrogen) atoms. The van der Waals surface area contributed by atoms with Crippen LogP contribution >= 0.6 is 11.3 Å². The van der Waals surface area contributed by atoms with E-state index in [-0.39, 0.29) is 0 Å². The van der Waals surface area contributed by atoms with Gasteiger partial charge in [0, 0.05) is 29.7 Å². The van der Waals surface area contributed by atoms with Crippen molar-refractivity contribution in [2.24, 2.45) is 0 Å². The molecule has 0 spiro atoms. The van der Waals surface area contributed by atoms with Gasteiger partial charge in [-0.15, -0.1) is 11.3 Å². The summed E-state index contributed by atoms with van der Waals surface area (Å²) in [5.74, 6) is 0. The minimum atomic E-state index is 0.506. The molecular formula is C14H25N3S. The van der Waals surface area contributed by atoms with Gasteiger partial charge in [-0.1, -0.05) is 13.3 Å². The second-order valence-electron chi connectivity index (χ2n) is 5.22. The molecule has 3 nitrogen and oxygen atoms in total. The van der Waals surface area contributed by atoms with E-state index in [4.69, 9.17) is 0 Å². The summed E-state index contributed by atoms with van der Waals surface area (Å²) >= 11 is 1.78. The summed E-state index contributed by atoms with van der Waals surface area (Å²) < 4.78 is 0. The van der Waals surface area contributed by atoms with Crippen molar-refractivity contribution in [1.29, 1.82) is 0 Å². The highest BCUT2D eigenvalue weighted by Crippen LogP contribution is 2.24. The molecule has 1 aliphatic rings. The Morgan fingerprint density at radius 3 is 3.11 bits per heavy atom. The minimum Gasteiger partial charge on any atom is -0.313 e. The molecule has 2 unspecified atom stereocenters. The SMILES string of the molecule is CCCCN(CC1CCCN1)C(C)c1cncs1. The van der Waals surface area contributed by atoms with Gasteiger partial charge in [0.2, 0.25) is 0 Å². The van der Waals surface area contributed by atoms with E-state index in [2.05, 4.69) is 29.0 Å². The smallest absolute Gasteiger partial charge is 0.0794 e. The summed E-state index contributed by atoms with van der Waals surface area (Å²) in [4.78, 5) is 8.23. The van der Waals surface area contributed by atoms with Crippen LogP contribution in [0.1, 0.15) is 50.4 Å². The van der Waals surface area contributed by atoms with Gasteiger partial charge in [-0.05, 0) is 39.3 Å². The van der Waals surface area contributed by atoms with Crippen molar-refractivity contribution in [2.75, 3.05) is 19.6 Å². The predicted octanol–water partition coefficient (Wildman–Crippen LogP) is 3.06. The molecule has 1 saturated heterocycles. The molecule has 1 aromatic heterocycles. The van der Waals surface area contributed by atoms with Gasteiger partial charge in [0.15, 0.2) is 0 Å². The summed E-state index contributed by atoms with van der Waals surface area (Å²) in [6, 6.07) is 1.20. The Bertz CT molecular complexity index is 320. The highest BCUT2D eigenvalue weighted by Gasteiger charge is 2.22. The molecule has 1 fully saturated rings. The maximum absolute atomic E-state index is 4.21. The van der Waals surface area contributed by atoms with Crippen molar-refractivity contribution in [3.8, 4) is 0 Å². The third kappa shape index (κ3) is 3.77. The van der Waals surface area contributed by atoms with E-state index in [1.165, 1.54) is 50.2 Å². The van der Waals surface area contributed by atoms with Crippen LogP contribution in [0.25, 0.3) is 0 Å². The van der Waals surface area contributed by atoms with Gasteiger partial charge in [-0.25, -0.2) is 0 Å². The zero-order valence-electron chi connectivity index (χ0n) is 11.6. The molecular weight excluding hydrogens is 242 g/mol. The van der Waals surface area contributed by atoms with Gasteiger partial charge in [0.25, 0.3) is 0 Å². The van der Waals surface area contributed by atoms with Crippen LogP contribution in [0.15, 0.2) is 11.7 Å². The molecule has 1 N–H and O–H groups in total. The molecule has 4 heteroatoms. The first-order valence-electron chi connectivity index (χ1n) is 7.17. The van der Waals surface area contributed by atoms with Gasteiger partial charge in [0.05, 0.1) is 5.51 Å². The molecule has 0 aromatic carbocycles. The number of unbranched alkanes of at least 4 members (excludes halogenated alkanes) is 1. The van der Waals surface area contributed by atoms with Crippen LogP contribution in [0, 0.1) is 0 Å². The molecule has 0 amide bonds. The number of rotatable bonds is 7. The molecule has 0 radical (unpaired) electrons. The van der Waals surface area contributed by atoms with Crippen LogP contribution < -0.4 is 5.32 Å². The van der Waals surface area contributed by atoms with Gasteiger partial charge in [0.1, 0.15) is 0 Å². The third-order valence-corrected chi connectivity index (χ3v) is 4.77. The van der Waals surface area contributed by atoms with E-state index in [1.807, 2.05) is 11.7 Å². The summed E-state index contributed by atoms with van der Waals surface area (Å²) in [7, 11) is 0. The number of hydrogen-bond donors (Lipinski definition) is 1. The van der Waals surface area contributed by atoms with Crippen LogP contribution in [0.2, 0.25) is 0 Å². The fourth-order valence-corrected chi connectivity index (χ4v) is 3.32. The number of nitrogens with zero attached hydrogens (tertiary/aromatic N) is 2. The first-order chi connectivity index (χ1) is 8.81. The monoisotopic (exact) mass is 267 g/mol. The van der Waals surface area contributed by atoms with Crippen molar-refractivity contribution in [3.05, 3.63) is 16.6 Å². The highest BCUT2D eigenvalue weighted by molar-refractivity contribution is 7.09. The number of thiazole rings is 1. The largest absolute Gasteiger partial charge is 0.313 e. The van der Waals surface area contributed by atoms with E-state index in [9.17, 15) is 0 Å². The van der Waals surface area contributed by atoms with Crippen molar-refractivity contribution in [2.45, 2.75) is 51.6 Å². The lowest BCUT2D eigenvalue weighted by atomic mass is 10.1. The molecule has 0 bridgehead atoms. The fraction of sp³-hybridized carbons (Fsp3) is 0.786. The van der Waals surface area contributed by atoms with Crippen LogP contribution in [0.4, 0.5) is 0 Å². The summed E-state index contributed by atoms with van der Waals surface area (Å²) in [6.07, 6.45) is 7.25. The predicted molar refractivity (Wildman–Crippen MR) is 78.0 cm³/mol. The van der Waals surface area contributed by atoms with Crippen LogP contribution in [-0.4, -0.2) is 35.6 Å². The molecule has 0 saturated carbocycles. The third-order valence-electron chi connectivity index (χ3n) is 3.83. The molecule has 102 valence electrons. The average Bonchev–Trinajstić information content (AvgIpc) is 3.06. The number of aromatic nitrogens is 1. The first-order valence-corrected chi connectivity index (χ1v) is 8.05. The van der Waals surface area contributed by atoms with E-state index in [0.717, 1.165) is 0 Å². The summed E-state index contributed by atoms with van der Waals surface area (Å²) in [6.45, 7) is 8.16. The van der Waals surface area contributed by atoms with Crippen LogP contribution in [-0.2, 0) is 0 Å². The molecule has 1 aliphatic heterocycles. The Morgan fingerprint density at radius 2 is 2.50 bits per heavy atom. The van der Waals surface area contributed by atoms with Gasteiger partial charge in [-0.2, -0.15) is 0 Å². The molecule has 0 aliphatic carbocycles. The maximum atomic E-state index is 4.21. The van der Waals surface area contributed by atoms with E-state index < -0.39 is 0 Å². The maximum Gasteiger partial charge on any atom is 0.0794 e. The van der Waals surface area contributed by atoms with Gasteiger partial charge in [-0.3, -0.25) is 9.88 Å². The Kier molecular flexibility index (Phi) is 5.60. The lowest BCUT2D eigenvalue weighted by Crippen LogP contribution is -2.39. The van der Waals surface area contributed by atoms with Crippen LogP contribution in [0.5, 0.6) is 0 Å². The van der Waals surface area contributed by atoms with Gasteiger partial charge < -0.3 is 5.32 Å². The van der Waals surface area contributed by atoms with Crippen molar-refractivity contribution in [3.63, 3.8) is 0 Å². The Hall–Kier alpha value is -0.450. The second-order valence-corrected chi connectivity index (χ2v) is 6.14. The number of hydrogen-bond acceptors (Lipinski definition) is 4. The zero-order valence-corrected chi connectivity index (χ0v) is 12.4. The normalized spacial score (nSPS) is 21.6. The number of nitrogens with one attached hydrogen (secondary N) is 1. The Morgan fingerprint density at radius 1 is 1.61 bits per heavy atom. The van der Waals surface area contributed by atoms with E-state index in [0.29, 0.717) is 12.1 Å². The first kappa shape index (κ1) is 14.0. The van der Waals surface area contributed by atoms with Crippen molar-refractivity contribution in [1.82, 2.24) is 15.2 Å². The molecule has 2 heterocycles. The Labute approximate surface area is 115 Å². The second kappa shape index (κ2) is 7.22.